The van der Waals surface area contributed by atoms with E-state index in [1.807, 2.05) is 50.3 Å². The third-order valence-electron chi connectivity index (χ3n) is 3.82. The van der Waals surface area contributed by atoms with Crippen molar-refractivity contribution in [2.45, 2.75) is 13.8 Å². The lowest BCUT2D eigenvalue weighted by atomic mass is 10.1. The van der Waals surface area contributed by atoms with Crippen molar-refractivity contribution in [2.75, 3.05) is 5.01 Å². The molecule has 126 valence electrons. The molecule has 0 radical (unpaired) electrons. The van der Waals surface area contributed by atoms with E-state index in [2.05, 4.69) is 21.9 Å². The summed E-state index contributed by atoms with van der Waals surface area (Å²) in [5, 5.41) is 9.90. The fourth-order valence-electron chi connectivity index (χ4n) is 2.66. The first-order valence-corrected chi connectivity index (χ1v) is 7.69. The van der Waals surface area contributed by atoms with E-state index in [4.69, 9.17) is 5.73 Å². The molecule has 0 aliphatic carbocycles. The van der Waals surface area contributed by atoms with Crippen molar-refractivity contribution >= 4 is 29.7 Å². The first kappa shape index (κ1) is 16.4. The van der Waals surface area contributed by atoms with Gasteiger partial charge in [-0.1, -0.05) is 12.1 Å². The van der Waals surface area contributed by atoms with Gasteiger partial charge in [0.15, 0.2) is 5.82 Å². The van der Waals surface area contributed by atoms with Gasteiger partial charge < -0.3 is 5.73 Å². The Bertz CT molecular complexity index is 988. The summed E-state index contributed by atoms with van der Waals surface area (Å²) in [7, 11) is 0. The molecule has 3 rings (SSSR count). The second-order valence-electron chi connectivity index (χ2n) is 5.43. The molecule has 7 nitrogen and oxygen atoms in total. The van der Waals surface area contributed by atoms with Crippen molar-refractivity contribution in [1.82, 2.24) is 14.6 Å². The van der Waals surface area contributed by atoms with Gasteiger partial charge >= 0.3 is 0 Å². The van der Waals surface area contributed by atoms with Crippen molar-refractivity contribution in [3.63, 3.8) is 0 Å². The fourth-order valence-corrected chi connectivity index (χ4v) is 2.66. The lowest BCUT2D eigenvalue weighted by Crippen LogP contribution is -2.16. The second kappa shape index (κ2) is 6.56. The Hall–Kier alpha value is -3.48. The van der Waals surface area contributed by atoms with Gasteiger partial charge in [-0.05, 0) is 38.1 Å². The maximum atomic E-state index is 11.6. The van der Waals surface area contributed by atoms with Gasteiger partial charge in [0, 0.05) is 24.2 Å². The molecule has 25 heavy (non-hydrogen) atoms. The number of amides is 1. The minimum absolute atomic E-state index is 0.365. The van der Waals surface area contributed by atoms with Gasteiger partial charge in [-0.15, -0.1) is 0 Å². The Kier molecular flexibility index (Phi) is 4.30. The van der Waals surface area contributed by atoms with Crippen LogP contribution < -0.4 is 10.7 Å². The number of anilines is 1. The molecule has 0 unspecified atom stereocenters. The highest BCUT2D eigenvalue weighted by molar-refractivity contribution is 6.00. The zero-order chi connectivity index (χ0) is 18.0. The van der Waals surface area contributed by atoms with Crippen LogP contribution in [0.25, 0.3) is 11.2 Å². The van der Waals surface area contributed by atoms with Gasteiger partial charge in [-0.25, -0.2) is 14.5 Å². The number of fused-ring (bicyclic) bond motifs is 1. The zero-order valence-corrected chi connectivity index (χ0v) is 14.0. The molecule has 7 heteroatoms. The number of allylic oxidation sites excluding steroid dienone is 1. The summed E-state index contributed by atoms with van der Waals surface area (Å²) in [4.78, 5) is 16.1. The smallest absolute Gasteiger partial charge is 0.252 e. The second-order valence-corrected chi connectivity index (χ2v) is 5.43. The van der Waals surface area contributed by atoms with Crippen molar-refractivity contribution in [3.05, 3.63) is 65.6 Å². The van der Waals surface area contributed by atoms with Crippen LogP contribution in [0.4, 0.5) is 5.82 Å². The Balaban J connectivity index is 2.11. The van der Waals surface area contributed by atoms with Crippen molar-refractivity contribution in [1.29, 1.82) is 0 Å². The molecule has 0 aliphatic heterocycles. The number of hydrogen-bond donors (Lipinski definition) is 1. The lowest BCUT2D eigenvalue weighted by Gasteiger charge is -2.21. The molecule has 0 aliphatic rings. The Morgan fingerprint density at radius 3 is 2.84 bits per heavy atom. The summed E-state index contributed by atoms with van der Waals surface area (Å²) in [6.45, 7) is 7.48. The van der Waals surface area contributed by atoms with E-state index in [0.29, 0.717) is 16.9 Å². The normalized spacial score (nSPS) is 11.5. The number of nitrogens with two attached hydrogens (primary N) is 1. The van der Waals surface area contributed by atoms with E-state index in [1.165, 1.54) is 6.20 Å². The summed E-state index contributed by atoms with van der Waals surface area (Å²) in [6.07, 6.45) is 5.14. The maximum Gasteiger partial charge on any atom is 0.252 e. The van der Waals surface area contributed by atoms with Crippen LogP contribution in [0, 0.1) is 6.92 Å². The molecule has 0 atom stereocenters. The van der Waals surface area contributed by atoms with Crippen LogP contribution in [-0.2, 0) is 0 Å². The minimum Gasteiger partial charge on any atom is -0.365 e. The van der Waals surface area contributed by atoms with Crippen LogP contribution in [0.5, 0.6) is 0 Å². The van der Waals surface area contributed by atoms with E-state index < -0.39 is 5.91 Å². The fraction of sp³-hybridized carbons (Fsp3) is 0.111. The molecule has 0 bridgehead atoms. The first-order chi connectivity index (χ1) is 12.0. The highest BCUT2D eigenvalue weighted by atomic mass is 16.1. The number of carbonyl (C=O) groups is 1. The quantitative estimate of drug-likeness (QED) is 0.574. The number of aromatic nitrogens is 3. The summed E-state index contributed by atoms with van der Waals surface area (Å²) in [5.74, 6) is 0.139. The standard InChI is InChI=1S/C18H18N6O/c1-4-15(24(20-3)17-7-5-6-12(2)22-17)13-8-9-23-16(10-13)14(11-21-23)18(19)25/h4-11H,3H2,1-2H3,(H2,19,25)/b15-4-. The minimum atomic E-state index is -0.520. The summed E-state index contributed by atoms with van der Waals surface area (Å²) >= 11 is 0. The highest BCUT2D eigenvalue weighted by Crippen LogP contribution is 2.26. The summed E-state index contributed by atoms with van der Waals surface area (Å²) in [6, 6.07) is 9.41. The number of aryl methyl sites for hydroxylation is 1. The van der Waals surface area contributed by atoms with E-state index in [0.717, 1.165) is 17.0 Å². The number of pyridine rings is 2. The molecule has 0 saturated carbocycles. The van der Waals surface area contributed by atoms with Crippen LogP contribution in [0.15, 0.2) is 53.9 Å². The van der Waals surface area contributed by atoms with Gasteiger partial charge in [0.2, 0.25) is 0 Å². The third-order valence-corrected chi connectivity index (χ3v) is 3.82. The van der Waals surface area contributed by atoms with Gasteiger partial charge in [0.25, 0.3) is 5.91 Å². The van der Waals surface area contributed by atoms with Crippen LogP contribution >= 0.6 is 0 Å². The predicted molar refractivity (Wildman–Crippen MR) is 98.4 cm³/mol. The van der Waals surface area contributed by atoms with Crippen LogP contribution in [0.2, 0.25) is 0 Å². The molecule has 2 N–H and O–H groups in total. The molecule has 1 amide bonds. The third kappa shape index (κ3) is 2.99. The van der Waals surface area contributed by atoms with E-state index >= 15 is 0 Å². The van der Waals surface area contributed by atoms with Gasteiger partial charge in [0.05, 0.1) is 23.0 Å². The topological polar surface area (TPSA) is 88.9 Å². The Labute approximate surface area is 145 Å². The lowest BCUT2D eigenvalue weighted by molar-refractivity contribution is 0.100. The van der Waals surface area contributed by atoms with Gasteiger partial charge in [-0.3, -0.25) is 4.79 Å². The van der Waals surface area contributed by atoms with Crippen molar-refractivity contribution in [3.8, 4) is 0 Å². The number of carbonyl (C=O) groups excluding carboxylic acids is 1. The molecule has 0 spiro atoms. The first-order valence-electron chi connectivity index (χ1n) is 7.69. The van der Waals surface area contributed by atoms with Crippen LogP contribution in [-0.4, -0.2) is 27.2 Å². The SMILES string of the molecule is C=NN(/C(=C\C)c1ccn2ncc(C(N)=O)c2c1)c1cccc(C)n1. The average molecular weight is 334 g/mol. The van der Waals surface area contributed by atoms with Crippen molar-refractivity contribution < 1.29 is 4.79 Å². The van der Waals surface area contributed by atoms with E-state index in [9.17, 15) is 4.79 Å². The maximum absolute atomic E-state index is 11.6. The molecule has 0 fully saturated rings. The Morgan fingerprint density at radius 2 is 2.20 bits per heavy atom. The largest absolute Gasteiger partial charge is 0.365 e. The predicted octanol–water partition coefficient (Wildman–Crippen LogP) is 2.62. The van der Waals surface area contributed by atoms with Gasteiger partial charge in [-0.2, -0.15) is 10.2 Å². The number of nitrogens with zero attached hydrogens (tertiary/aromatic N) is 5. The molecular weight excluding hydrogens is 316 g/mol. The van der Waals surface area contributed by atoms with Crippen LogP contribution in [0.1, 0.15) is 28.5 Å². The van der Waals surface area contributed by atoms with Gasteiger partial charge in [0.1, 0.15) is 0 Å². The zero-order valence-electron chi connectivity index (χ0n) is 14.0. The monoisotopic (exact) mass is 334 g/mol. The average Bonchev–Trinajstić information content (AvgIpc) is 3.02. The molecule has 3 heterocycles. The molecule has 0 aromatic carbocycles. The van der Waals surface area contributed by atoms with Crippen LogP contribution in [0.3, 0.4) is 0 Å². The van der Waals surface area contributed by atoms with E-state index in [-0.39, 0.29) is 0 Å². The number of rotatable bonds is 5. The molecule has 3 aromatic rings. The van der Waals surface area contributed by atoms with E-state index in [1.54, 1.807) is 15.7 Å². The molecule has 3 aromatic heterocycles. The Morgan fingerprint density at radius 1 is 1.40 bits per heavy atom. The van der Waals surface area contributed by atoms with Crippen molar-refractivity contribution in [2.24, 2.45) is 10.8 Å². The molecular formula is C18H18N6O. The number of hydrogen-bond acceptors (Lipinski definition) is 5. The highest BCUT2D eigenvalue weighted by Gasteiger charge is 2.16. The number of hydrazone groups is 1. The molecule has 0 saturated heterocycles. The summed E-state index contributed by atoms with van der Waals surface area (Å²) in [5.41, 5.74) is 8.92. The summed E-state index contributed by atoms with van der Waals surface area (Å²) < 4.78 is 1.60. The number of primary amides is 1.